The molecule has 2 aliphatic rings. The fourth-order valence-electron chi connectivity index (χ4n) is 3.43. The third-order valence-electron chi connectivity index (χ3n) is 4.50. The van der Waals surface area contributed by atoms with Crippen LogP contribution in [0.15, 0.2) is 0 Å². The maximum Gasteiger partial charge on any atom is 0.411 e. The van der Waals surface area contributed by atoms with Gasteiger partial charge in [-0.1, -0.05) is 0 Å². The fourth-order valence-corrected chi connectivity index (χ4v) is 3.43. The molecule has 0 aromatic carbocycles. The molecule has 0 aromatic rings. The van der Waals surface area contributed by atoms with Gasteiger partial charge in [-0.05, 0) is 38.6 Å². The number of ether oxygens (including phenoxy) is 1. The van der Waals surface area contributed by atoms with E-state index in [4.69, 9.17) is 0 Å². The van der Waals surface area contributed by atoms with E-state index in [0.29, 0.717) is 18.3 Å². The predicted molar refractivity (Wildman–Crippen MR) is 67.0 cm³/mol. The lowest BCUT2D eigenvalue weighted by Gasteiger charge is -2.35. The van der Waals surface area contributed by atoms with Crippen LogP contribution in [0.1, 0.15) is 20.3 Å². The summed E-state index contributed by atoms with van der Waals surface area (Å²) in [6.07, 6.45) is -3.55. The van der Waals surface area contributed by atoms with Gasteiger partial charge in [0.1, 0.15) is 6.61 Å². The summed E-state index contributed by atoms with van der Waals surface area (Å²) < 4.78 is 40.4. The molecular formula is C13H23F3N2O. The van der Waals surface area contributed by atoms with Gasteiger partial charge >= 0.3 is 6.18 Å². The number of alkyl halides is 3. The lowest BCUT2D eigenvalue weighted by Crippen LogP contribution is -2.45. The zero-order chi connectivity index (χ0) is 14.1. The second-order valence-electron chi connectivity index (χ2n) is 6.15. The molecule has 0 saturated carbocycles. The average Bonchev–Trinajstić information content (AvgIpc) is 2.81. The minimum atomic E-state index is -4.21. The lowest BCUT2D eigenvalue weighted by molar-refractivity contribution is -0.174. The number of likely N-dealkylation sites (tertiary alicyclic amines) is 1. The van der Waals surface area contributed by atoms with E-state index in [1.807, 2.05) is 0 Å². The summed E-state index contributed by atoms with van der Waals surface area (Å²) in [5.74, 6) is 1.34. The molecule has 0 aliphatic carbocycles. The number of hydrogen-bond acceptors (Lipinski definition) is 3. The second kappa shape index (κ2) is 5.58. The largest absolute Gasteiger partial charge is 0.411 e. The van der Waals surface area contributed by atoms with Gasteiger partial charge in [0.05, 0.1) is 0 Å². The first-order chi connectivity index (χ1) is 8.81. The number of nitrogens with one attached hydrogen (secondary N) is 1. The van der Waals surface area contributed by atoms with E-state index in [9.17, 15) is 13.2 Å². The Morgan fingerprint density at radius 3 is 2.68 bits per heavy atom. The van der Waals surface area contributed by atoms with Crippen LogP contribution in [-0.4, -0.2) is 56.0 Å². The van der Waals surface area contributed by atoms with Crippen LogP contribution in [0.25, 0.3) is 0 Å². The number of hydrogen-bond donors (Lipinski definition) is 1. The van der Waals surface area contributed by atoms with Gasteiger partial charge in [0.15, 0.2) is 0 Å². The topological polar surface area (TPSA) is 24.5 Å². The van der Waals surface area contributed by atoms with Crippen LogP contribution < -0.4 is 5.32 Å². The molecule has 3 nitrogen and oxygen atoms in total. The predicted octanol–water partition coefficient (Wildman–Crippen LogP) is 1.89. The lowest BCUT2D eigenvalue weighted by atomic mass is 9.85. The Morgan fingerprint density at radius 2 is 2.05 bits per heavy atom. The van der Waals surface area contributed by atoms with Crippen molar-refractivity contribution >= 4 is 0 Å². The Balaban J connectivity index is 1.69. The van der Waals surface area contributed by atoms with Gasteiger partial charge in [0.25, 0.3) is 0 Å². The number of nitrogens with zero attached hydrogens (tertiary/aromatic N) is 1. The molecule has 0 bridgehead atoms. The van der Waals surface area contributed by atoms with Crippen molar-refractivity contribution in [2.45, 2.75) is 32.0 Å². The molecule has 0 aromatic heterocycles. The molecule has 2 saturated heterocycles. The summed E-state index contributed by atoms with van der Waals surface area (Å²) in [5.41, 5.74) is 0.137. The average molecular weight is 280 g/mol. The van der Waals surface area contributed by atoms with Crippen molar-refractivity contribution in [3.05, 3.63) is 0 Å². The summed E-state index contributed by atoms with van der Waals surface area (Å²) in [4.78, 5) is 2.40. The molecule has 0 radical (unpaired) electrons. The second-order valence-corrected chi connectivity index (χ2v) is 6.15. The van der Waals surface area contributed by atoms with E-state index in [1.54, 1.807) is 0 Å². The number of halogens is 3. The zero-order valence-electron chi connectivity index (χ0n) is 11.6. The molecular weight excluding hydrogens is 257 g/mol. The minimum absolute atomic E-state index is 0.137. The van der Waals surface area contributed by atoms with Gasteiger partial charge in [0, 0.05) is 31.8 Å². The molecule has 2 unspecified atom stereocenters. The van der Waals surface area contributed by atoms with Crippen LogP contribution in [0.2, 0.25) is 0 Å². The smallest absolute Gasteiger partial charge is 0.372 e. The van der Waals surface area contributed by atoms with Crippen molar-refractivity contribution < 1.29 is 17.9 Å². The SMILES string of the molecule is CC1(C)C2CNCC2CN1CCCOCC(F)(F)F. The van der Waals surface area contributed by atoms with Gasteiger partial charge < -0.3 is 10.1 Å². The number of fused-ring (bicyclic) bond motifs is 1. The zero-order valence-corrected chi connectivity index (χ0v) is 11.6. The molecule has 2 rings (SSSR count). The molecule has 2 aliphatic heterocycles. The molecule has 2 atom stereocenters. The third kappa shape index (κ3) is 3.61. The van der Waals surface area contributed by atoms with E-state index >= 15 is 0 Å². The summed E-state index contributed by atoms with van der Waals surface area (Å²) in [6.45, 7) is 7.50. The Morgan fingerprint density at radius 1 is 1.32 bits per heavy atom. The Kier molecular flexibility index (Phi) is 4.42. The van der Waals surface area contributed by atoms with E-state index in [1.165, 1.54) is 0 Å². The van der Waals surface area contributed by atoms with Crippen molar-refractivity contribution in [3.8, 4) is 0 Å². The summed E-state index contributed by atoms with van der Waals surface area (Å²) in [6, 6.07) is 0. The Hall–Kier alpha value is -0.330. The van der Waals surface area contributed by atoms with Crippen molar-refractivity contribution in [1.29, 1.82) is 0 Å². The third-order valence-corrected chi connectivity index (χ3v) is 4.50. The van der Waals surface area contributed by atoms with Crippen LogP contribution in [0.4, 0.5) is 13.2 Å². The van der Waals surface area contributed by atoms with Gasteiger partial charge in [0.2, 0.25) is 0 Å². The first-order valence-corrected chi connectivity index (χ1v) is 6.91. The highest BCUT2D eigenvalue weighted by atomic mass is 19.4. The standard InChI is InChI=1S/C13H23F3N2O/c1-12(2)11-7-17-6-10(11)8-18(12)4-3-5-19-9-13(14,15)16/h10-11,17H,3-9H2,1-2H3. The molecule has 2 heterocycles. The molecule has 112 valence electrons. The van der Waals surface area contributed by atoms with E-state index in [-0.39, 0.29) is 12.1 Å². The van der Waals surface area contributed by atoms with Crippen LogP contribution in [-0.2, 0) is 4.74 Å². The van der Waals surface area contributed by atoms with Crippen molar-refractivity contribution in [3.63, 3.8) is 0 Å². The van der Waals surface area contributed by atoms with Gasteiger partial charge in [-0.25, -0.2) is 0 Å². The van der Waals surface area contributed by atoms with E-state index in [2.05, 4.69) is 28.8 Å². The Bertz CT molecular complexity index is 307. The number of rotatable bonds is 5. The van der Waals surface area contributed by atoms with Crippen LogP contribution in [0, 0.1) is 11.8 Å². The van der Waals surface area contributed by atoms with Crippen molar-refractivity contribution in [2.24, 2.45) is 11.8 Å². The molecule has 1 N–H and O–H groups in total. The summed E-state index contributed by atoms with van der Waals surface area (Å²) >= 11 is 0. The highest BCUT2D eigenvalue weighted by Gasteiger charge is 2.48. The molecule has 0 spiro atoms. The monoisotopic (exact) mass is 280 g/mol. The van der Waals surface area contributed by atoms with E-state index < -0.39 is 12.8 Å². The minimum Gasteiger partial charge on any atom is -0.372 e. The quantitative estimate of drug-likeness (QED) is 0.778. The highest BCUT2D eigenvalue weighted by Crippen LogP contribution is 2.40. The van der Waals surface area contributed by atoms with Gasteiger partial charge in [-0.2, -0.15) is 13.2 Å². The molecule has 2 fully saturated rings. The van der Waals surface area contributed by atoms with Crippen LogP contribution in [0.3, 0.4) is 0 Å². The first-order valence-electron chi connectivity index (χ1n) is 6.91. The van der Waals surface area contributed by atoms with Gasteiger partial charge in [-0.15, -0.1) is 0 Å². The molecule has 0 amide bonds. The Labute approximate surface area is 112 Å². The molecule has 6 heteroatoms. The maximum absolute atomic E-state index is 11.9. The summed E-state index contributed by atoms with van der Waals surface area (Å²) in [5, 5.41) is 3.42. The van der Waals surface area contributed by atoms with Crippen LogP contribution in [0.5, 0.6) is 0 Å². The first kappa shape index (κ1) is 15.1. The molecule has 19 heavy (non-hydrogen) atoms. The van der Waals surface area contributed by atoms with Gasteiger partial charge in [-0.3, -0.25) is 4.90 Å². The normalized spacial score (nSPS) is 30.8. The maximum atomic E-state index is 11.9. The van der Waals surface area contributed by atoms with Crippen molar-refractivity contribution in [1.82, 2.24) is 10.2 Å². The highest BCUT2D eigenvalue weighted by molar-refractivity contribution is 5.04. The summed E-state index contributed by atoms with van der Waals surface area (Å²) in [7, 11) is 0. The van der Waals surface area contributed by atoms with Crippen molar-refractivity contribution in [2.75, 3.05) is 39.4 Å². The van der Waals surface area contributed by atoms with Crippen LogP contribution >= 0.6 is 0 Å². The van der Waals surface area contributed by atoms with E-state index in [0.717, 1.165) is 26.2 Å². The fraction of sp³-hybridized carbons (Fsp3) is 1.00.